The van der Waals surface area contributed by atoms with Crippen LogP contribution in [0, 0.1) is 0 Å². The Hall–Kier alpha value is -2.01. The number of aliphatic hydroxyl groups is 1. The molecule has 0 amide bonds. The Morgan fingerprint density at radius 1 is 1.19 bits per heavy atom. The topological polar surface area (TPSA) is 68.1 Å². The molecule has 2 aromatic rings. The second-order valence-corrected chi connectivity index (χ2v) is 3.17. The molecule has 0 aliphatic carbocycles. The highest BCUT2D eigenvalue weighted by molar-refractivity contribution is 5.24. The van der Waals surface area contributed by atoms with Crippen molar-refractivity contribution in [1.29, 1.82) is 0 Å². The zero-order valence-corrected chi connectivity index (χ0v) is 8.74. The first-order valence-corrected chi connectivity index (χ1v) is 4.75. The number of aliphatic hydroxyl groups excluding tert-OH is 1. The van der Waals surface area contributed by atoms with Gasteiger partial charge in [-0.1, -0.05) is 0 Å². The Morgan fingerprint density at radius 3 is 2.62 bits per heavy atom. The predicted molar refractivity (Wildman–Crippen MR) is 56.9 cm³/mol. The van der Waals surface area contributed by atoms with Crippen molar-refractivity contribution in [3.05, 3.63) is 48.2 Å². The van der Waals surface area contributed by atoms with Gasteiger partial charge in [-0.05, 0) is 6.07 Å². The van der Waals surface area contributed by atoms with E-state index in [4.69, 9.17) is 4.74 Å². The third-order valence-corrected chi connectivity index (χ3v) is 2.15. The lowest BCUT2D eigenvalue weighted by molar-refractivity contribution is 0.214. The molecule has 0 spiro atoms. The van der Waals surface area contributed by atoms with Crippen LogP contribution in [0.3, 0.4) is 0 Å². The fourth-order valence-corrected chi connectivity index (χ4v) is 1.30. The summed E-state index contributed by atoms with van der Waals surface area (Å²) >= 11 is 0. The van der Waals surface area contributed by atoms with Crippen LogP contribution in [0.15, 0.2) is 36.9 Å². The summed E-state index contributed by atoms with van der Waals surface area (Å²) in [6, 6.07) is 3.43. The van der Waals surface area contributed by atoms with Crippen molar-refractivity contribution in [1.82, 2.24) is 15.0 Å². The van der Waals surface area contributed by atoms with E-state index in [0.29, 0.717) is 17.1 Å². The summed E-state index contributed by atoms with van der Waals surface area (Å²) in [7, 11) is 1.54. The van der Waals surface area contributed by atoms with E-state index < -0.39 is 6.10 Å². The van der Waals surface area contributed by atoms with Gasteiger partial charge in [0.1, 0.15) is 6.10 Å². The van der Waals surface area contributed by atoms with Gasteiger partial charge < -0.3 is 9.84 Å². The Morgan fingerprint density at radius 2 is 2.06 bits per heavy atom. The van der Waals surface area contributed by atoms with Crippen LogP contribution in [0.25, 0.3) is 0 Å². The number of hydrogen-bond acceptors (Lipinski definition) is 5. The summed E-state index contributed by atoms with van der Waals surface area (Å²) < 4.78 is 4.93. The number of aromatic nitrogens is 3. The highest BCUT2D eigenvalue weighted by atomic mass is 16.5. The van der Waals surface area contributed by atoms with Gasteiger partial charge in [-0.15, -0.1) is 0 Å². The summed E-state index contributed by atoms with van der Waals surface area (Å²) in [6.07, 6.45) is 5.36. The molecule has 0 saturated carbocycles. The molecule has 5 nitrogen and oxygen atoms in total. The van der Waals surface area contributed by atoms with Gasteiger partial charge in [-0.25, -0.2) is 4.98 Å². The normalized spacial score (nSPS) is 12.1. The molecule has 0 aliphatic rings. The van der Waals surface area contributed by atoms with E-state index in [1.165, 1.54) is 12.4 Å². The minimum atomic E-state index is -0.813. The van der Waals surface area contributed by atoms with Crippen molar-refractivity contribution in [3.8, 4) is 5.88 Å². The van der Waals surface area contributed by atoms with Crippen molar-refractivity contribution in [3.63, 3.8) is 0 Å². The summed E-state index contributed by atoms with van der Waals surface area (Å²) in [4.78, 5) is 11.9. The van der Waals surface area contributed by atoms with Gasteiger partial charge >= 0.3 is 0 Å². The number of ether oxygens (including phenoxy) is 1. The molecule has 82 valence electrons. The molecular weight excluding hydrogens is 206 g/mol. The first kappa shape index (κ1) is 10.5. The van der Waals surface area contributed by atoms with Gasteiger partial charge in [0.25, 0.3) is 0 Å². The van der Waals surface area contributed by atoms with Crippen LogP contribution in [0.4, 0.5) is 0 Å². The lowest BCUT2D eigenvalue weighted by atomic mass is 10.1. The quantitative estimate of drug-likeness (QED) is 0.829. The van der Waals surface area contributed by atoms with E-state index in [1.807, 2.05) is 0 Å². The monoisotopic (exact) mass is 217 g/mol. The average molecular weight is 217 g/mol. The molecule has 0 aliphatic heterocycles. The van der Waals surface area contributed by atoms with Crippen LogP contribution in [0.5, 0.6) is 5.88 Å². The SMILES string of the molecule is COc1ccc(C(O)c2cnccn2)cn1. The Balaban J connectivity index is 2.24. The van der Waals surface area contributed by atoms with Crippen LogP contribution >= 0.6 is 0 Å². The van der Waals surface area contributed by atoms with Gasteiger partial charge in [-0.2, -0.15) is 0 Å². The van der Waals surface area contributed by atoms with Gasteiger partial charge in [0, 0.05) is 30.2 Å². The Kier molecular flexibility index (Phi) is 3.07. The minimum Gasteiger partial charge on any atom is -0.481 e. The van der Waals surface area contributed by atoms with Crippen molar-refractivity contribution in [2.45, 2.75) is 6.10 Å². The Labute approximate surface area is 92.8 Å². The Bertz CT molecular complexity index is 445. The minimum absolute atomic E-state index is 0.495. The number of hydrogen-bond donors (Lipinski definition) is 1. The van der Waals surface area contributed by atoms with Crippen molar-refractivity contribution in [2.75, 3.05) is 7.11 Å². The first-order chi connectivity index (χ1) is 7.81. The van der Waals surface area contributed by atoms with Crippen LogP contribution in [0.2, 0.25) is 0 Å². The predicted octanol–water partition coefficient (Wildman–Crippen LogP) is 0.962. The molecule has 0 bridgehead atoms. The maximum absolute atomic E-state index is 9.97. The molecular formula is C11H11N3O2. The second kappa shape index (κ2) is 4.67. The highest BCUT2D eigenvalue weighted by Gasteiger charge is 2.12. The van der Waals surface area contributed by atoms with E-state index in [1.54, 1.807) is 31.6 Å². The third-order valence-electron chi connectivity index (χ3n) is 2.15. The van der Waals surface area contributed by atoms with Crippen molar-refractivity contribution < 1.29 is 9.84 Å². The van der Waals surface area contributed by atoms with Crippen molar-refractivity contribution in [2.24, 2.45) is 0 Å². The molecule has 16 heavy (non-hydrogen) atoms. The molecule has 5 heteroatoms. The molecule has 0 fully saturated rings. The van der Waals surface area contributed by atoms with E-state index in [0.717, 1.165) is 0 Å². The van der Waals surface area contributed by atoms with Crippen molar-refractivity contribution >= 4 is 0 Å². The fraction of sp³-hybridized carbons (Fsp3) is 0.182. The fourth-order valence-electron chi connectivity index (χ4n) is 1.30. The number of nitrogens with zero attached hydrogens (tertiary/aromatic N) is 3. The smallest absolute Gasteiger partial charge is 0.212 e. The largest absolute Gasteiger partial charge is 0.481 e. The van der Waals surface area contributed by atoms with Gasteiger partial charge in [0.05, 0.1) is 19.0 Å². The number of pyridine rings is 1. The lowest BCUT2D eigenvalue weighted by Crippen LogP contribution is -2.03. The summed E-state index contributed by atoms with van der Waals surface area (Å²) in [5.41, 5.74) is 1.15. The first-order valence-electron chi connectivity index (χ1n) is 4.75. The number of rotatable bonds is 3. The van der Waals surface area contributed by atoms with Crippen LogP contribution in [0.1, 0.15) is 17.4 Å². The molecule has 0 saturated heterocycles. The molecule has 2 rings (SSSR count). The summed E-state index contributed by atoms with van der Waals surface area (Å²) in [6.45, 7) is 0. The zero-order valence-electron chi connectivity index (χ0n) is 8.74. The van der Waals surface area contributed by atoms with E-state index in [9.17, 15) is 5.11 Å². The summed E-state index contributed by atoms with van der Waals surface area (Å²) in [5.74, 6) is 0.509. The van der Waals surface area contributed by atoms with E-state index >= 15 is 0 Å². The molecule has 0 radical (unpaired) electrons. The van der Waals surface area contributed by atoms with Gasteiger partial charge in [-0.3, -0.25) is 9.97 Å². The highest BCUT2D eigenvalue weighted by Crippen LogP contribution is 2.19. The molecule has 1 N–H and O–H groups in total. The maximum Gasteiger partial charge on any atom is 0.212 e. The van der Waals surface area contributed by atoms with Crippen LogP contribution in [-0.2, 0) is 0 Å². The average Bonchev–Trinajstić information content (AvgIpc) is 2.39. The van der Waals surface area contributed by atoms with E-state index in [-0.39, 0.29) is 0 Å². The maximum atomic E-state index is 9.97. The van der Waals surface area contributed by atoms with Gasteiger partial charge in [0.2, 0.25) is 5.88 Å². The van der Waals surface area contributed by atoms with Crippen LogP contribution < -0.4 is 4.74 Å². The molecule has 0 aromatic carbocycles. The second-order valence-electron chi connectivity index (χ2n) is 3.17. The summed E-state index contributed by atoms with van der Waals surface area (Å²) in [5, 5.41) is 9.97. The van der Waals surface area contributed by atoms with E-state index in [2.05, 4.69) is 15.0 Å². The van der Waals surface area contributed by atoms with Crippen LogP contribution in [-0.4, -0.2) is 27.2 Å². The number of methoxy groups -OCH3 is 1. The zero-order chi connectivity index (χ0) is 11.4. The molecule has 2 aromatic heterocycles. The third kappa shape index (κ3) is 2.14. The molecule has 1 atom stereocenters. The molecule has 1 unspecified atom stereocenters. The lowest BCUT2D eigenvalue weighted by Gasteiger charge is -2.09. The van der Waals surface area contributed by atoms with Gasteiger partial charge in [0.15, 0.2) is 0 Å². The standard InChI is InChI=1S/C11H11N3O2/c1-16-10-3-2-8(6-14-10)11(15)9-7-12-4-5-13-9/h2-7,11,15H,1H3. The molecule has 2 heterocycles.